The summed E-state index contributed by atoms with van der Waals surface area (Å²) in [6, 6.07) is 1.69. The maximum atomic E-state index is 14.5. The lowest BCUT2D eigenvalue weighted by molar-refractivity contribution is 0.418. The van der Waals surface area contributed by atoms with E-state index < -0.39 is 0 Å². The molecule has 21 heavy (non-hydrogen) atoms. The molecule has 0 fully saturated rings. The average Bonchev–Trinajstić information content (AvgIpc) is 2.89. The Morgan fingerprint density at radius 3 is 2.71 bits per heavy atom. The molecule has 6 nitrogen and oxygen atoms in total. The number of halogens is 1. The normalized spacial score (nSPS) is 11.7. The van der Waals surface area contributed by atoms with Crippen molar-refractivity contribution in [1.29, 1.82) is 0 Å². The second-order valence-electron chi connectivity index (χ2n) is 6.00. The van der Waals surface area contributed by atoms with E-state index in [9.17, 15) is 4.39 Å². The van der Waals surface area contributed by atoms with Crippen LogP contribution < -0.4 is 10.2 Å². The molecule has 0 aliphatic carbocycles. The Morgan fingerprint density at radius 1 is 1.33 bits per heavy atom. The highest BCUT2D eigenvalue weighted by molar-refractivity contribution is 5.42. The molecule has 2 N–H and O–H groups in total. The number of aromatic nitrogens is 4. The van der Waals surface area contributed by atoms with Crippen molar-refractivity contribution in [2.45, 2.75) is 39.4 Å². The molecule has 2 aromatic heterocycles. The Labute approximate surface area is 123 Å². The summed E-state index contributed by atoms with van der Waals surface area (Å²) in [5.41, 5.74) is 0.529. The first-order valence-electron chi connectivity index (χ1n) is 6.80. The molecule has 0 bridgehead atoms. The summed E-state index contributed by atoms with van der Waals surface area (Å²) in [7, 11) is 1.77. The van der Waals surface area contributed by atoms with Gasteiger partial charge >= 0.3 is 0 Å². The highest BCUT2D eigenvalue weighted by Crippen LogP contribution is 2.20. The second kappa shape index (κ2) is 6.17. The van der Waals surface area contributed by atoms with Crippen molar-refractivity contribution >= 4 is 5.82 Å². The van der Waals surface area contributed by atoms with Gasteiger partial charge in [-0.05, 0) is 26.8 Å². The second-order valence-corrected chi connectivity index (χ2v) is 6.00. The van der Waals surface area contributed by atoms with Crippen molar-refractivity contribution in [3.8, 4) is 0 Å². The van der Waals surface area contributed by atoms with Crippen molar-refractivity contribution < 1.29 is 4.39 Å². The Kier molecular flexibility index (Phi) is 4.52. The summed E-state index contributed by atoms with van der Waals surface area (Å²) < 4.78 is 14.5. The predicted molar refractivity (Wildman–Crippen MR) is 79.3 cm³/mol. The van der Waals surface area contributed by atoms with Crippen LogP contribution in [0.3, 0.4) is 0 Å². The molecule has 2 aromatic rings. The number of hydrogen-bond donors (Lipinski definition) is 2. The van der Waals surface area contributed by atoms with E-state index in [1.54, 1.807) is 24.2 Å². The molecule has 2 heterocycles. The number of aromatic amines is 1. The van der Waals surface area contributed by atoms with Crippen molar-refractivity contribution in [1.82, 2.24) is 25.5 Å². The van der Waals surface area contributed by atoms with Gasteiger partial charge in [0.05, 0.1) is 6.54 Å². The van der Waals surface area contributed by atoms with E-state index >= 15 is 0 Å². The molecule has 0 unspecified atom stereocenters. The number of nitrogens with one attached hydrogen (secondary N) is 2. The quantitative estimate of drug-likeness (QED) is 0.880. The molecule has 114 valence electrons. The zero-order valence-corrected chi connectivity index (χ0v) is 12.8. The largest absolute Gasteiger partial charge is 0.350 e. The minimum atomic E-state index is -0.309. The fraction of sp³-hybridized carbons (Fsp3) is 0.500. The molecule has 0 spiro atoms. The number of H-pyrrole nitrogens is 1. The SMILES string of the molecule is CN(Cc1ncn[nH]1)c1nccc(CNC(C)(C)C)c1F. The van der Waals surface area contributed by atoms with Gasteiger partial charge < -0.3 is 10.2 Å². The van der Waals surface area contributed by atoms with E-state index in [1.165, 1.54) is 6.33 Å². The van der Waals surface area contributed by atoms with E-state index in [2.05, 4.69) is 25.5 Å². The molecule has 0 atom stereocenters. The summed E-state index contributed by atoms with van der Waals surface area (Å²) in [6.45, 7) is 7.01. The van der Waals surface area contributed by atoms with Crippen LogP contribution in [0.2, 0.25) is 0 Å². The van der Waals surface area contributed by atoms with Gasteiger partial charge in [-0.3, -0.25) is 5.10 Å². The molecular weight excluding hydrogens is 271 g/mol. The maximum Gasteiger partial charge on any atom is 0.170 e. The smallest absolute Gasteiger partial charge is 0.170 e. The van der Waals surface area contributed by atoms with Crippen LogP contribution in [0.1, 0.15) is 32.2 Å². The molecule has 0 amide bonds. The summed E-state index contributed by atoms with van der Waals surface area (Å²) in [6.07, 6.45) is 3.05. The van der Waals surface area contributed by atoms with Gasteiger partial charge in [0.25, 0.3) is 0 Å². The summed E-state index contributed by atoms with van der Waals surface area (Å²) in [5, 5.41) is 9.81. The zero-order chi connectivity index (χ0) is 15.5. The van der Waals surface area contributed by atoms with Crippen LogP contribution in [0.15, 0.2) is 18.6 Å². The molecule has 0 saturated carbocycles. The number of rotatable bonds is 5. The van der Waals surface area contributed by atoms with Gasteiger partial charge in [-0.25, -0.2) is 14.4 Å². The van der Waals surface area contributed by atoms with Gasteiger partial charge in [0.15, 0.2) is 11.6 Å². The van der Waals surface area contributed by atoms with Crippen LogP contribution >= 0.6 is 0 Å². The van der Waals surface area contributed by atoms with Gasteiger partial charge in [-0.1, -0.05) is 0 Å². The highest BCUT2D eigenvalue weighted by atomic mass is 19.1. The van der Waals surface area contributed by atoms with Gasteiger partial charge in [-0.2, -0.15) is 5.10 Å². The van der Waals surface area contributed by atoms with E-state index in [0.717, 1.165) is 0 Å². The summed E-state index contributed by atoms with van der Waals surface area (Å²) in [5.74, 6) is 0.660. The molecule has 0 aliphatic heterocycles. The fourth-order valence-electron chi connectivity index (χ4n) is 1.84. The van der Waals surface area contributed by atoms with Crippen LogP contribution in [0.25, 0.3) is 0 Å². The molecule has 0 saturated heterocycles. The molecule has 0 aromatic carbocycles. The van der Waals surface area contributed by atoms with Crippen molar-refractivity contribution in [3.63, 3.8) is 0 Å². The third-order valence-corrected chi connectivity index (χ3v) is 2.97. The molecular formula is C14H21FN6. The van der Waals surface area contributed by atoms with Crippen LogP contribution in [-0.2, 0) is 13.1 Å². The lowest BCUT2D eigenvalue weighted by Gasteiger charge is -2.22. The van der Waals surface area contributed by atoms with E-state index in [0.29, 0.717) is 30.3 Å². The fourth-order valence-corrected chi connectivity index (χ4v) is 1.84. The zero-order valence-electron chi connectivity index (χ0n) is 12.8. The number of pyridine rings is 1. The average molecular weight is 292 g/mol. The van der Waals surface area contributed by atoms with Crippen LogP contribution in [-0.4, -0.2) is 32.8 Å². The Morgan fingerprint density at radius 2 is 2.10 bits per heavy atom. The van der Waals surface area contributed by atoms with Crippen LogP contribution in [0, 0.1) is 5.82 Å². The topological polar surface area (TPSA) is 69.7 Å². The van der Waals surface area contributed by atoms with Gasteiger partial charge in [0, 0.05) is 30.9 Å². The standard InChI is InChI=1S/C14H21FN6/c1-14(2,3)18-7-10-5-6-16-13(12(10)15)21(4)8-11-17-9-19-20-11/h5-6,9,18H,7-8H2,1-4H3,(H,17,19,20). The Balaban J connectivity index is 2.13. The van der Waals surface area contributed by atoms with Crippen molar-refractivity contribution in [2.75, 3.05) is 11.9 Å². The first-order chi connectivity index (χ1) is 9.87. The van der Waals surface area contributed by atoms with Gasteiger partial charge in [-0.15, -0.1) is 0 Å². The number of hydrogen-bond acceptors (Lipinski definition) is 5. The summed E-state index contributed by atoms with van der Waals surface area (Å²) >= 11 is 0. The van der Waals surface area contributed by atoms with Gasteiger partial charge in [0.2, 0.25) is 0 Å². The van der Waals surface area contributed by atoms with E-state index in [1.807, 2.05) is 20.8 Å². The third kappa shape index (κ3) is 4.22. The van der Waals surface area contributed by atoms with Crippen molar-refractivity contribution in [3.05, 3.63) is 35.8 Å². The lowest BCUT2D eigenvalue weighted by Crippen LogP contribution is -2.35. The van der Waals surface area contributed by atoms with Crippen LogP contribution in [0.5, 0.6) is 0 Å². The third-order valence-electron chi connectivity index (χ3n) is 2.97. The number of nitrogens with zero attached hydrogens (tertiary/aromatic N) is 4. The lowest BCUT2D eigenvalue weighted by atomic mass is 10.1. The molecule has 7 heteroatoms. The van der Waals surface area contributed by atoms with Gasteiger partial charge in [0.1, 0.15) is 12.2 Å². The number of anilines is 1. The monoisotopic (exact) mass is 292 g/mol. The first-order valence-corrected chi connectivity index (χ1v) is 6.80. The Hall–Kier alpha value is -2.02. The molecule has 2 rings (SSSR count). The van der Waals surface area contributed by atoms with E-state index in [4.69, 9.17) is 0 Å². The predicted octanol–water partition coefficient (Wildman–Crippen LogP) is 1.86. The highest BCUT2D eigenvalue weighted by Gasteiger charge is 2.16. The summed E-state index contributed by atoms with van der Waals surface area (Å²) in [4.78, 5) is 9.86. The minimum Gasteiger partial charge on any atom is -0.350 e. The minimum absolute atomic E-state index is 0.0678. The first kappa shape index (κ1) is 15.4. The molecule has 0 aliphatic rings. The Bertz CT molecular complexity index is 576. The van der Waals surface area contributed by atoms with Crippen LogP contribution in [0.4, 0.5) is 10.2 Å². The van der Waals surface area contributed by atoms with Crippen molar-refractivity contribution in [2.24, 2.45) is 0 Å². The maximum absolute atomic E-state index is 14.5. The van der Waals surface area contributed by atoms with E-state index in [-0.39, 0.29) is 11.4 Å². The molecule has 0 radical (unpaired) electrons.